The second kappa shape index (κ2) is 8.15. The van der Waals surface area contributed by atoms with Crippen LogP contribution in [0, 0.1) is 5.92 Å². The summed E-state index contributed by atoms with van der Waals surface area (Å²) in [6, 6.07) is 7.52. The number of carbonyl (C=O) groups excluding carboxylic acids is 1. The van der Waals surface area contributed by atoms with E-state index >= 15 is 0 Å². The average Bonchev–Trinajstić information content (AvgIpc) is 2.55. The summed E-state index contributed by atoms with van der Waals surface area (Å²) in [5, 5.41) is 10.4. The molecule has 1 heterocycles. The van der Waals surface area contributed by atoms with E-state index in [1.165, 1.54) is 0 Å². The molecule has 0 aliphatic carbocycles. The predicted molar refractivity (Wildman–Crippen MR) is 83.8 cm³/mol. The number of ether oxygens (including phenoxy) is 2. The zero-order chi connectivity index (χ0) is 15.9. The van der Waals surface area contributed by atoms with Gasteiger partial charge in [0.1, 0.15) is 5.75 Å². The molecule has 1 fully saturated rings. The fourth-order valence-corrected chi connectivity index (χ4v) is 2.90. The molecular weight excluding hydrogens is 282 g/mol. The van der Waals surface area contributed by atoms with Gasteiger partial charge in [-0.1, -0.05) is 18.2 Å². The number of β-amino-alcohol motifs (C(OH)–C–C–N with tert-alkyl or cyclic N) is 1. The van der Waals surface area contributed by atoms with E-state index in [1.54, 1.807) is 7.11 Å². The van der Waals surface area contributed by atoms with Crippen molar-refractivity contribution < 1.29 is 19.4 Å². The number of benzene rings is 1. The molecule has 1 aromatic rings. The van der Waals surface area contributed by atoms with E-state index in [9.17, 15) is 9.90 Å². The van der Waals surface area contributed by atoms with Crippen LogP contribution in [-0.2, 0) is 9.53 Å². The first kappa shape index (κ1) is 16.8. The second-order valence-corrected chi connectivity index (χ2v) is 5.58. The van der Waals surface area contributed by atoms with E-state index in [4.69, 9.17) is 9.47 Å². The van der Waals surface area contributed by atoms with Gasteiger partial charge in [-0.3, -0.25) is 4.79 Å². The molecule has 122 valence electrons. The van der Waals surface area contributed by atoms with Crippen molar-refractivity contribution in [2.45, 2.75) is 25.9 Å². The number of para-hydroxylation sites is 1. The highest BCUT2D eigenvalue weighted by Gasteiger charge is 2.27. The maximum Gasteiger partial charge on any atom is 0.309 e. The van der Waals surface area contributed by atoms with Crippen molar-refractivity contribution in [1.29, 1.82) is 0 Å². The number of aliphatic hydroxyl groups excluding tert-OH is 1. The summed E-state index contributed by atoms with van der Waals surface area (Å²) in [5.41, 5.74) is 0.803. The molecule has 2 rings (SSSR count). The van der Waals surface area contributed by atoms with E-state index in [0.29, 0.717) is 18.9 Å². The Morgan fingerprint density at radius 2 is 2.05 bits per heavy atom. The molecule has 0 amide bonds. The molecule has 1 atom stereocenters. The van der Waals surface area contributed by atoms with Gasteiger partial charge in [0, 0.05) is 12.1 Å². The van der Waals surface area contributed by atoms with Gasteiger partial charge in [-0.25, -0.2) is 0 Å². The molecule has 22 heavy (non-hydrogen) atoms. The van der Waals surface area contributed by atoms with Gasteiger partial charge in [0.2, 0.25) is 0 Å². The van der Waals surface area contributed by atoms with Crippen LogP contribution < -0.4 is 4.74 Å². The number of nitrogens with zero attached hydrogens (tertiary/aromatic N) is 1. The monoisotopic (exact) mass is 307 g/mol. The van der Waals surface area contributed by atoms with Gasteiger partial charge >= 0.3 is 5.97 Å². The smallest absolute Gasteiger partial charge is 0.309 e. The Morgan fingerprint density at radius 3 is 2.68 bits per heavy atom. The first-order valence-electron chi connectivity index (χ1n) is 7.85. The standard InChI is InChI=1S/C17H25NO4/c1-3-22-17(20)13-8-10-18(11-9-13)12-15(19)14-6-4-5-7-16(14)21-2/h4-7,13,15,19H,3,8-12H2,1-2H3. The van der Waals surface area contributed by atoms with Crippen molar-refractivity contribution in [3.05, 3.63) is 29.8 Å². The van der Waals surface area contributed by atoms with Gasteiger partial charge < -0.3 is 19.5 Å². The van der Waals surface area contributed by atoms with Crippen LogP contribution in [0.3, 0.4) is 0 Å². The Hall–Kier alpha value is -1.59. The molecule has 1 saturated heterocycles. The number of carbonyl (C=O) groups is 1. The largest absolute Gasteiger partial charge is 0.496 e. The van der Waals surface area contributed by atoms with Crippen LogP contribution in [0.4, 0.5) is 0 Å². The van der Waals surface area contributed by atoms with E-state index in [1.807, 2.05) is 31.2 Å². The van der Waals surface area contributed by atoms with E-state index in [-0.39, 0.29) is 11.9 Å². The summed E-state index contributed by atoms with van der Waals surface area (Å²) in [6.45, 7) is 4.42. The van der Waals surface area contributed by atoms with Gasteiger partial charge in [-0.2, -0.15) is 0 Å². The highest BCUT2D eigenvalue weighted by atomic mass is 16.5. The van der Waals surface area contributed by atoms with Crippen LogP contribution in [-0.4, -0.2) is 49.3 Å². The van der Waals surface area contributed by atoms with Gasteiger partial charge in [-0.15, -0.1) is 0 Å². The fraction of sp³-hybridized carbons (Fsp3) is 0.588. The van der Waals surface area contributed by atoms with Crippen LogP contribution in [0.15, 0.2) is 24.3 Å². The summed E-state index contributed by atoms with van der Waals surface area (Å²) in [5.74, 6) is 0.614. The van der Waals surface area contributed by atoms with Crippen molar-refractivity contribution in [3.8, 4) is 5.75 Å². The lowest BCUT2D eigenvalue weighted by Crippen LogP contribution is -2.39. The van der Waals surface area contributed by atoms with Crippen molar-refractivity contribution in [3.63, 3.8) is 0 Å². The van der Waals surface area contributed by atoms with Crippen LogP contribution in [0.1, 0.15) is 31.4 Å². The number of methoxy groups -OCH3 is 1. The van der Waals surface area contributed by atoms with Gasteiger partial charge in [0.15, 0.2) is 0 Å². The predicted octanol–water partition coefficient (Wildman–Crippen LogP) is 2.00. The Morgan fingerprint density at radius 1 is 1.36 bits per heavy atom. The summed E-state index contributed by atoms with van der Waals surface area (Å²) in [4.78, 5) is 13.9. The fourth-order valence-electron chi connectivity index (χ4n) is 2.90. The molecule has 0 aromatic heterocycles. The van der Waals surface area contributed by atoms with E-state index < -0.39 is 6.10 Å². The second-order valence-electron chi connectivity index (χ2n) is 5.58. The van der Waals surface area contributed by atoms with Crippen LogP contribution in [0.2, 0.25) is 0 Å². The molecule has 1 aliphatic heterocycles. The third-order valence-electron chi connectivity index (χ3n) is 4.14. The quantitative estimate of drug-likeness (QED) is 0.815. The molecule has 0 bridgehead atoms. The number of hydrogen-bond acceptors (Lipinski definition) is 5. The first-order valence-corrected chi connectivity index (χ1v) is 7.85. The Kier molecular flexibility index (Phi) is 6.21. The number of hydrogen-bond donors (Lipinski definition) is 1. The Bertz CT molecular complexity index is 483. The maximum atomic E-state index is 11.7. The minimum absolute atomic E-state index is 0.000366. The molecule has 0 radical (unpaired) electrons. The lowest BCUT2D eigenvalue weighted by molar-refractivity contribution is -0.149. The normalized spacial score (nSPS) is 18.0. The highest BCUT2D eigenvalue weighted by Crippen LogP contribution is 2.27. The van der Waals surface area contributed by atoms with Gasteiger partial charge in [-0.05, 0) is 38.9 Å². The topological polar surface area (TPSA) is 59.0 Å². The molecule has 1 unspecified atom stereocenters. The minimum Gasteiger partial charge on any atom is -0.496 e. The van der Waals surface area contributed by atoms with Crippen molar-refractivity contribution in [2.24, 2.45) is 5.92 Å². The van der Waals surface area contributed by atoms with E-state index in [0.717, 1.165) is 31.5 Å². The molecule has 0 saturated carbocycles. The summed E-state index contributed by atoms with van der Waals surface area (Å²) in [7, 11) is 1.61. The SMILES string of the molecule is CCOC(=O)C1CCN(CC(O)c2ccccc2OC)CC1. The summed E-state index contributed by atoms with van der Waals surface area (Å²) < 4.78 is 10.4. The number of piperidine rings is 1. The molecule has 1 aliphatic rings. The van der Waals surface area contributed by atoms with Crippen LogP contribution in [0.5, 0.6) is 5.75 Å². The number of rotatable bonds is 6. The molecule has 5 heteroatoms. The maximum absolute atomic E-state index is 11.7. The highest BCUT2D eigenvalue weighted by molar-refractivity contribution is 5.72. The number of esters is 1. The molecule has 0 spiro atoms. The minimum atomic E-state index is -0.588. The molecular formula is C17H25NO4. The summed E-state index contributed by atoms with van der Waals surface area (Å²) >= 11 is 0. The zero-order valence-electron chi connectivity index (χ0n) is 13.3. The van der Waals surface area contributed by atoms with E-state index in [2.05, 4.69) is 4.90 Å². The Labute approximate surface area is 131 Å². The van der Waals surface area contributed by atoms with Crippen molar-refractivity contribution >= 4 is 5.97 Å². The third-order valence-corrected chi connectivity index (χ3v) is 4.14. The average molecular weight is 307 g/mol. The lowest BCUT2D eigenvalue weighted by Gasteiger charge is -2.32. The summed E-state index contributed by atoms with van der Waals surface area (Å²) in [6.07, 6.45) is 0.991. The number of aliphatic hydroxyl groups is 1. The zero-order valence-corrected chi connectivity index (χ0v) is 13.3. The van der Waals surface area contributed by atoms with Crippen LogP contribution >= 0.6 is 0 Å². The lowest BCUT2D eigenvalue weighted by atomic mass is 9.96. The molecule has 1 N–H and O–H groups in total. The Balaban J connectivity index is 1.86. The van der Waals surface area contributed by atoms with Gasteiger partial charge in [0.25, 0.3) is 0 Å². The van der Waals surface area contributed by atoms with Crippen LogP contribution in [0.25, 0.3) is 0 Å². The molecule has 5 nitrogen and oxygen atoms in total. The van der Waals surface area contributed by atoms with Crippen molar-refractivity contribution in [2.75, 3.05) is 33.4 Å². The van der Waals surface area contributed by atoms with Crippen molar-refractivity contribution in [1.82, 2.24) is 4.90 Å². The number of likely N-dealkylation sites (tertiary alicyclic amines) is 1. The first-order chi connectivity index (χ1) is 10.7. The molecule has 1 aromatic carbocycles. The third kappa shape index (κ3) is 4.21. The van der Waals surface area contributed by atoms with Gasteiger partial charge in [0.05, 0.1) is 25.7 Å².